The fourth-order valence-electron chi connectivity index (χ4n) is 2.99. The average molecular weight is 365 g/mol. The van der Waals surface area contributed by atoms with Crippen LogP contribution in [0.5, 0.6) is 0 Å². The molecule has 1 aromatic heterocycles. The van der Waals surface area contributed by atoms with Gasteiger partial charge in [0.25, 0.3) is 0 Å². The van der Waals surface area contributed by atoms with Crippen LogP contribution in [0.3, 0.4) is 0 Å². The Morgan fingerprint density at radius 1 is 0.963 bits per heavy atom. The molecule has 0 fully saturated rings. The number of ketones is 1. The van der Waals surface area contributed by atoms with Gasteiger partial charge < -0.3 is 9.30 Å². The Bertz CT molecular complexity index is 986. The topological polar surface area (TPSA) is 48.3 Å². The lowest BCUT2D eigenvalue weighted by molar-refractivity contribution is 0.0474. The first-order chi connectivity index (χ1) is 12.9. The molecule has 4 nitrogen and oxygen atoms in total. The van der Waals surface area contributed by atoms with Crippen molar-refractivity contribution in [3.8, 4) is 5.69 Å². The molecule has 138 valence electrons. The number of benzene rings is 2. The Hall–Kier alpha value is -3.21. The van der Waals surface area contributed by atoms with Crippen LogP contribution in [0, 0.1) is 26.6 Å². The Balaban J connectivity index is 1.75. The highest BCUT2D eigenvalue weighted by molar-refractivity contribution is 5.99. The van der Waals surface area contributed by atoms with Gasteiger partial charge in [0, 0.05) is 22.6 Å². The summed E-state index contributed by atoms with van der Waals surface area (Å²) in [5, 5.41) is 0. The Labute approximate surface area is 157 Å². The summed E-state index contributed by atoms with van der Waals surface area (Å²) in [6.07, 6.45) is 0. The number of ether oxygens (including phenoxy) is 1. The molecule has 0 atom stereocenters. The number of hydrogen-bond acceptors (Lipinski definition) is 3. The first-order valence-electron chi connectivity index (χ1n) is 8.58. The molecule has 0 radical (unpaired) electrons. The molecule has 0 aliphatic carbocycles. The van der Waals surface area contributed by atoms with Gasteiger partial charge in [-0.2, -0.15) is 0 Å². The number of halogens is 1. The summed E-state index contributed by atoms with van der Waals surface area (Å²) in [5.41, 5.74) is 4.47. The molecule has 0 aliphatic heterocycles. The second-order valence-corrected chi connectivity index (χ2v) is 6.46. The minimum atomic E-state index is -0.558. The molecular weight excluding hydrogens is 345 g/mol. The van der Waals surface area contributed by atoms with Crippen molar-refractivity contribution in [2.75, 3.05) is 6.61 Å². The van der Waals surface area contributed by atoms with Crippen LogP contribution in [-0.4, -0.2) is 22.9 Å². The van der Waals surface area contributed by atoms with Crippen LogP contribution < -0.4 is 0 Å². The molecule has 0 amide bonds. The van der Waals surface area contributed by atoms with Crippen LogP contribution in [0.1, 0.15) is 37.7 Å². The first kappa shape index (κ1) is 18.6. The smallest absolute Gasteiger partial charge is 0.340 e. The van der Waals surface area contributed by atoms with Gasteiger partial charge in [0.05, 0.1) is 5.56 Å². The highest BCUT2D eigenvalue weighted by atomic mass is 19.1. The summed E-state index contributed by atoms with van der Waals surface area (Å²) in [6, 6.07) is 14.9. The second-order valence-electron chi connectivity index (χ2n) is 6.46. The van der Waals surface area contributed by atoms with Crippen molar-refractivity contribution in [1.29, 1.82) is 0 Å². The summed E-state index contributed by atoms with van der Waals surface area (Å²) >= 11 is 0. The van der Waals surface area contributed by atoms with Gasteiger partial charge >= 0.3 is 5.97 Å². The number of carbonyl (C=O) groups excluding carboxylic acids is 2. The van der Waals surface area contributed by atoms with E-state index in [0.717, 1.165) is 22.6 Å². The van der Waals surface area contributed by atoms with E-state index in [1.165, 1.54) is 24.3 Å². The quantitative estimate of drug-likeness (QED) is 0.491. The summed E-state index contributed by atoms with van der Waals surface area (Å²) in [5.74, 6) is -1.36. The van der Waals surface area contributed by atoms with E-state index in [1.807, 2.05) is 49.6 Å². The van der Waals surface area contributed by atoms with Crippen LogP contribution in [0.25, 0.3) is 5.69 Å². The predicted molar refractivity (Wildman–Crippen MR) is 101 cm³/mol. The predicted octanol–water partition coefficient (Wildman–Crippen LogP) is 4.58. The highest BCUT2D eigenvalue weighted by Crippen LogP contribution is 2.22. The summed E-state index contributed by atoms with van der Waals surface area (Å²) < 4.78 is 20.1. The van der Waals surface area contributed by atoms with Crippen LogP contribution >= 0.6 is 0 Å². The zero-order valence-electron chi connectivity index (χ0n) is 15.5. The molecule has 0 saturated heterocycles. The third kappa shape index (κ3) is 3.97. The van der Waals surface area contributed by atoms with E-state index in [4.69, 9.17) is 4.74 Å². The standard InChI is InChI=1S/C22H20FNO3/c1-14-4-10-19(11-5-14)24-15(2)12-20(16(24)3)22(26)27-13-21(25)17-6-8-18(23)9-7-17/h4-12H,13H2,1-3H3. The van der Waals surface area contributed by atoms with Crippen molar-refractivity contribution in [1.82, 2.24) is 4.57 Å². The van der Waals surface area contributed by atoms with Crippen LogP contribution in [0.4, 0.5) is 4.39 Å². The molecular formula is C22H20FNO3. The summed E-state index contributed by atoms with van der Waals surface area (Å²) in [6.45, 7) is 5.37. The lowest BCUT2D eigenvalue weighted by Crippen LogP contribution is -2.15. The molecule has 0 N–H and O–H groups in total. The lowest BCUT2D eigenvalue weighted by atomic mass is 10.1. The Kier molecular flexibility index (Phi) is 5.21. The average Bonchev–Trinajstić information content (AvgIpc) is 2.95. The van der Waals surface area contributed by atoms with E-state index in [2.05, 4.69) is 0 Å². The van der Waals surface area contributed by atoms with E-state index >= 15 is 0 Å². The fourth-order valence-corrected chi connectivity index (χ4v) is 2.99. The second kappa shape index (κ2) is 7.58. The number of Topliss-reactive ketones (excluding diaryl/α,β-unsaturated/α-hetero) is 1. The zero-order valence-corrected chi connectivity index (χ0v) is 15.5. The molecule has 0 bridgehead atoms. The van der Waals surface area contributed by atoms with E-state index in [9.17, 15) is 14.0 Å². The minimum Gasteiger partial charge on any atom is -0.454 e. The fraction of sp³-hybridized carbons (Fsp3) is 0.182. The van der Waals surface area contributed by atoms with Gasteiger partial charge in [0.1, 0.15) is 5.82 Å². The van der Waals surface area contributed by atoms with Gasteiger partial charge in [-0.3, -0.25) is 4.79 Å². The largest absolute Gasteiger partial charge is 0.454 e. The number of carbonyl (C=O) groups is 2. The van der Waals surface area contributed by atoms with Crippen LogP contribution in [0.2, 0.25) is 0 Å². The number of rotatable bonds is 5. The van der Waals surface area contributed by atoms with E-state index in [1.54, 1.807) is 6.07 Å². The van der Waals surface area contributed by atoms with Gasteiger partial charge in [-0.1, -0.05) is 17.7 Å². The highest BCUT2D eigenvalue weighted by Gasteiger charge is 2.19. The molecule has 5 heteroatoms. The normalized spacial score (nSPS) is 10.7. The number of esters is 1. The number of nitrogens with zero attached hydrogens (tertiary/aromatic N) is 1. The molecule has 3 aromatic rings. The maximum absolute atomic E-state index is 12.9. The third-order valence-corrected chi connectivity index (χ3v) is 4.44. The van der Waals surface area contributed by atoms with E-state index in [0.29, 0.717) is 11.1 Å². The summed E-state index contributed by atoms with van der Waals surface area (Å²) in [7, 11) is 0. The molecule has 3 rings (SSSR count). The molecule has 2 aromatic carbocycles. The number of hydrogen-bond donors (Lipinski definition) is 0. The zero-order chi connectivity index (χ0) is 19.6. The van der Waals surface area contributed by atoms with Gasteiger partial charge in [-0.15, -0.1) is 0 Å². The molecule has 0 saturated carbocycles. The van der Waals surface area contributed by atoms with Crippen LogP contribution in [0.15, 0.2) is 54.6 Å². The van der Waals surface area contributed by atoms with E-state index < -0.39 is 18.4 Å². The molecule has 0 aliphatic rings. The van der Waals surface area contributed by atoms with Gasteiger partial charge in [-0.05, 0) is 63.2 Å². The van der Waals surface area contributed by atoms with Crippen molar-refractivity contribution in [2.24, 2.45) is 0 Å². The van der Waals surface area contributed by atoms with Crippen molar-refractivity contribution in [2.45, 2.75) is 20.8 Å². The number of aromatic nitrogens is 1. The monoisotopic (exact) mass is 365 g/mol. The molecule has 0 spiro atoms. The first-order valence-corrected chi connectivity index (χ1v) is 8.58. The van der Waals surface area contributed by atoms with Gasteiger partial charge in [-0.25, -0.2) is 9.18 Å². The lowest BCUT2D eigenvalue weighted by Gasteiger charge is -2.10. The van der Waals surface area contributed by atoms with E-state index in [-0.39, 0.29) is 5.78 Å². The maximum atomic E-state index is 12.9. The Morgan fingerprint density at radius 3 is 2.22 bits per heavy atom. The molecule has 0 unspecified atom stereocenters. The summed E-state index contributed by atoms with van der Waals surface area (Å²) in [4.78, 5) is 24.6. The van der Waals surface area contributed by atoms with Crippen LogP contribution in [-0.2, 0) is 4.74 Å². The molecule has 27 heavy (non-hydrogen) atoms. The van der Waals surface area contributed by atoms with Gasteiger partial charge in [0.15, 0.2) is 12.4 Å². The van der Waals surface area contributed by atoms with Crippen molar-refractivity contribution in [3.05, 3.63) is 88.5 Å². The molecule has 1 heterocycles. The number of aryl methyl sites for hydroxylation is 2. The third-order valence-electron chi connectivity index (χ3n) is 4.44. The SMILES string of the molecule is Cc1ccc(-n2c(C)cc(C(=O)OCC(=O)c3ccc(F)cc3)c2C)cc1. The minimum absolute atomic E-state index is 0.300. The van der Waals surface area contributed by atoms with Crippen molar-refractivity contribution < 1.29 is 18.7 Å². The van der Waals surface area contributed by atoms with Gasteiger partial charge in [0.2, 0.25) is 0 Å². The van der Waals surface area contributed by atoms with Crippen molar-refractivity contribution in [3.63, 3.8) is 0 Å². The Morgan fingerprint density at radius 2 is 1.59 bits per heavy atom. The van der Waals surface area contributed by atoms with Crippen molar-refractivity contribution >= 4 is 11.8 Å². The maximum Gasteiger partial charge on any atom is 0.340 e.